The topological polar surface area (TPSA) is 40.5 Å². The summed E-state index contributed by atoms with van der Waals surface area (Å²) in [4.78, 5) is 13.8. The molecule has 1 atom stereocenters. The number of amides is 1. The Morgan fingerprint density at radius 1 is 1.20 bits per heavy atom. The molecule has 0 radical (unpaired) electrons. The van der Waals surface area contributed by atoms with Crippen LogP contribution in [0.3, 0.4) is 0 Å². The lowest BCUT2D eigenvalue weighted by molar-refractivity contribution is 0.0742. The Labute approximate surface area is 117 Å². The lowest BCUT2D eigenvalue weighted by atomic mass is 10.1. The lowest BCUT2D eigenvalue weighted by Gasteiger charge is -2.25. The first-order chi connectivity index (χ1) is 9.49. The molecule has 0 aliphatic rings. The van der Waals surface area contributed by atoms with Crippen LogP contribution in [0.15, 0.2) is 48.5 Å². The zero-order valence-electron chi connectivity index (χ0n) is 11.4. The molecule has 104 valence electrons. The molecule has 0 saturated heterocycles. The number of hydrogen-bond acceptors (Lipinski definition) is 2. The van der Waals surface area contributed by atoms with E-state index < -0.39 is 5.82 Å². The average molecular weight is 273 g/mol. The normalized spacial score (nSPS) is 11.9. The van der Waals surface area contributed by atoms with Gasteiger partial charge in [-0.3, -0.25) is 4.79 Å². The number of nitrogens with zero attached hydrogens (tertiary/aromatic N) is 1. The van der Waals surface area contributed by atoms with Crippen LogP contribution in [0, 0.1) is 5.82 Å². The van der Waals surface area contributed by atoms with Crippen LogP contribution < -0.4 is 0 Å². The van der Waals surface area contributed by atoms with Gasteiger partial charge < -0.3 is 10.0 Å². The van der Waals surface area contributed by atoms with Gasteiger partial charge in [0.25, 0.3) is 5.91 Å². The van der Waals surface area contributed by atoms with Crippen molar-refractivity contribution in [3.05, 3.63) is 65.5 Å². The van der Waals surface area contributed by atoms with Crippen molar-refractivity contribution < 1.29 is 14.3 Å². The number of aromatic hydroxyl groups is 1. The number of phenolic OH excluding ortho intramolecular Hbond substituents is 1. The fraction of sp³-hybridized carbons (Fsp3) is 0.188. The number of benzene rings is 2. The van der Waals surface area contributed by atoms with Gasteiger partial charge in [0.05, 0.1) is 6.04 Å². The molecule has 3 nitrogen and oxygen atoms in total. The van der Waals surface area contributed by atoms with E-state index in [0.29, 0.717) is 5.56 Å². The van der Waals surface area contributed by atoms with Crippen LogP contribution in [-0.4, -0.2) is 23.0 Å². The van der Waals surface area contributed by atoms with Crippen LogP contribution in [0.2, 0.25) is 0 Å². The van der Waals surface area contributed by atoms with Crippen molar-refractivity contribution in [3.63, 3.8) is 0 Å². The molecule has 0 aliphatic carbocycles. The van der Waals surface area contributed by atoms with Gasteiger partial charge >= 0.3 is 0 Å². The molecule has 0 fully saturated rings. The van der Waals surface area contributed by atoms with Gasteiger partial charge in [-0.25, -0.2) is 4.39 Å². The largest absolute Gasteiger partial charge is 0.508 e. The smallest absolute Gasteiger partial charge is 0.254 e. The summed E-state index contributed by atoms with van der Waals surface area (Å²) in [5.41, 5.74) is 1.22. The van der Waals surface area contributed by atoms with Crippen molar-refractivity contribution in [2.24, 2.45) is 0 Å². The Bertz CT molecular complexity index is 610. The van der Waals surface area contributed by atoms with Crippen molar-refractivity contribution in [1.29, 1.82) is 0 Å². The predicted octanol–water partition coefficient (Wildman–Crippen LogP) is 3.36. The van der Waals surface area contributed by atoms with Gasteiger partial charge in [0.2, 0.25) is 0 Å². The third-order valence-corrected chi connectivity index (χ3v) is 3.35. The maximum absolute atomic E-state index is 13.2. The molecule has 1 N–H and O–H groups in total. The van der Waals surface area contributed by atoms with Gasteiger partial charge in [0.1, 0.15) is 11.6 Å². The zero-order valence-corrected chi connectivity index (χ0v) is 11.4. The lowest BCUT2D eigenvalue weighted by Crippen LogP contribution is -2.29. The summed E-state index contributed by atoms with van der Waals surface area (Å²) in [6.45, 7) is 1.88. The van der Waals surface area contributed by atoms with Crippen LogP contribution in [0.4, 0.5) is 4.39 Å². The molecule has 0 saturated carbocycles. The monoisotopic (exact) mass is 273 g/mol. The minimum absolute atomic E-state index is 0.175. The van der Waals surface area contributed by atoms with E-state index in [-0.39, 0.29) is 17.7 Å². The molecule has 1 unspecified atom stereocenters. The molecular formula is C16H16FNO2. The van der Waals surface area contributed by atoms with E-state index in [4.69, 9.17) is 0 Å². The van der Waals surface area contributed by atoms with Crippen molar-refractivity contribution in [2.75, 3.05) is 7.05 Å². The van der Waals surface area contributed by atoms with Crippen molar-refractivity contribution >= 4 is 5.91 Å². The van der Waals surface area contributed by atoms with Gasteiger partial charge in [0.15, 0.2) is 0 Å². The van der Waals surface area contributed by atoms with Gasteiger partial charge in [-0.15, -0.1) is 0 Å². The standard InChI is InChI=1S/C16H16FNO2/c1-11(12-6-8-15(19)9-7-12)18(2)16(20)13-4-3-5-14(17)10-13/h3-11,19H,1-2H3. The van der Waals surface area contributed by atoms with Crippen LogP contribution in [0.5, 0.6) is 5.75 Å². The minimum Gasteiger partial charge on any atom is -0.508 e. The fourth-order valence-corrected chi connectivity index (χ4v) is 1.98. The van der Waals surface area contributed by atoms with E-state index >= 15 is 0 Å². The third kappa shape index (κ3) is 2.96. The number of hydrogen-bond donors (Lipinski definition) is 1. The third-order valence-electron chi connectivity index (χ3n) is 3.35. The van der Waals surface area contributed by atoms with Crippen molar-refractivity contribution in [1.82, 2.24) is 4.90 Å². The minimum atomic E-state index is -0.429. The number of carbonyl (C=O) groups is 1. The highest BCUT2D eigenvalue weighted by atomic mass is 19.1. The van der Waals surface area contributed by atoms with E-state index in [1.807, 2.05) is 6.92 Å². The van der Waals surface area contributed by atoms with Crippen LogP contribution in [0.25, 0.3) is 0 Å². The highest BCUT2D eigenvalue weighted by Gasteiger charge is 2.19. The maximum atomic E-state index is 13.2. The number of rotatable bonds is 3. The van der Waals surface area contributed by atoms with E-state index in [0.717, 1.165) is 5.56 Å². The SMILES string of the molecule is CC(c1ccc(O)cc1)N(C)C(=O)c1cccc(F)c1. The molecule has 0 aliphatic heterocycles. The highest BCUT2D eigenvalue weighted by molar-refractivity contribution is 5.94. The first-order valence-electron chi connectivity index (χ1n) is 6.30. The van der Waals surface area contributed by atoms with Crippen LogP contribution >= 0.6 is 0 Å². The summed E-state index contributed by atoms with van der Waals surface area (Å²) in [5.74, 6) is -0.494. The second-order valence-electron chi connectivity index (χ2n) is 4.69. The summed E-state index contributed by atoms with van der Waals surface area (Å²) in [5, 5.41) is 9.27. The molecule has 1 amide bonds. The van der Waals surface area contributed by atoms with Crippen LogP contribution in [-0.2, 0) is 0 Å². The molecular weight excluding hydrogens is 257 g/mol. The Hall–Kier alpha value is -2.36. The summed E-state index contributed by atoms with van der Waals surface area (Å²) in [7, 11) is 1.67. The molecule has 0 bridgehead atoms. The van der Waals surface area contributed by atoms with Gasteiger partial charge in [-0.1, -0.05) is 18.2 Å². The number of halogens is 1. The summed E-state index contributed by atoms with van der Waals surface area (Å²) in [6, 6.07) is 12.1. The van der Waals surface area contributed by atoms with E-state index in [1.54, 1.807) is 42.3 Å². The molecule has 0 heterocycles. The zero-order chi connectivity index (χ0) is 14.7. The van der Waals surface area contributed by atoms with Crippen molar-refractivity contribution in [2.45, 2.75) is 13.0 Å². The molecule has 0 spiro atoms. The first kappa shape index (κ1) is 14.1. The van der Waals surface area contributed by atoms with E-state index in [1.165, 1.54) is 18.2 Å². The second kappa shape index (κ2) is 5.74. The maximum Gasteiger partial charge on any atom is 0.254 e. The van der Waals surface area contributed by atoms with Gasteiger partial charge in [0, 0.05) is 12.6 Å². The Balaban J connectivity index is 2.20. The number of phenols is 1. The molecule has 4 heteroatoms. The molecule has 2 aromatic carbocycles. The fourth-order valence-electron chi connectivity index (χ4n) is 1.98. The van der Waals surface area contributed by atoms with Crippen molar-refractivity contribution in [3.8, 4) is 5.75 Å². The predicted molar refractivity (Wildman–Crippen MR) is 75.0 cm³/mol. The Morgan fingerprint density at radius 2 is 1.85 bits per heavy atom. The Kier molecular flexibility index (Phi) is 4.03. The molecule has 2 aromatic rings. The highest BCUT2D eigenvalue weighted by Crippen LogP contribution is 2.22. The molecule has 2 rings (SSSR count). The van der Waals surface area contributed by atoms with E-state index in [9.17, 15) is 14.3 Å². The second-order valence-corrected chi connectivity index (χ2v) is 4.69. The average Bonchev–Trinajstić information content (AvgIpc) is 2.46. The van der Waals surface area contributed by atoms with Gasteiger partial charge in [-0.05, 0) is 42.8 Å². The summed E-state index contributed by atoms with van der Waals surface area (Å²) >= 11 is 0. The first-order valence-corrected chi connectivity index (χ1v) is 6.30. The number of carbonyl (C=O) groups excluding carboxylic acids is 1. The summed E-state index contributed by atoms with van der Waals surface area (Å²) in [6.07, 6.45) is 0. The van der Waals surface area contributed by atoms with Crippen LogP contribution in [0.1, 0.15) is 28.9 Å². The summed E-state index contributed by atoms with van der Waals surface area (Å²) < 4.78 is 13.2. The van der Waals surface area contributed by atoms with E-state index in [2.05, 4.69) is 0 Å². The quantitative estimate of drug-likeness (QED) is 0.931. The Morgan fingerprint density at radius 3 is 2.45 bits per heavy atom. The molecule has 20 heavy (non-hydrogen) atoms. The van der Waals surface area contributed by atoms with Gasteiger partial charge in [-0.2, -0.15) is 0 Å². The molecule has 0 aromatic heterocycles.